The van der Waals surface area contributed by atoms with Crippen molar-refractivity contribution in [3.05, 3.63) is 5.69 Å². The van der Waals surface area contributed by atoms with Gasteiger partial charge in [0.25, 0.3) is 0 Å². The van der Waals surface area contributed by atoms with Crippen LogP contribution in [0.4, 0.5) is 5.69 Å². The van der Waals surface area contributed by atoms with Gasteiger partial charge in [0, 0.05) is 7.05 Å². The minimum absolute atomic E-state index is 0.105. The van der Waals surface area contributed by atoms with E-state index in [-0.39, 0.29) is 16.7 Å². The zero-order valence-corrected chi connectivity index (χ0v) is 11.0. The molecule has 0 unspecified atom stereocenters. The average Bonchev–Trinajstić information content (AvgIpc) is 2.41. The molecule has 0 saturated carbocycles. The molecule has 0 atom stereocenters. The highest BCUT2D eigenvalue weighted by Crippen LogP contribution is 2.27. The highest BCUT2D eigenvalue weighted by molar-refractivity contribution is 7.91. The molecule has 1 rings (SSSR count). The molecule has 0 spiro atoms. The van der Waals surface area contributed by atoms with E-state index in [0.29, 0.717) is 17.8 Å². The summed E-state index contributed by atoms with van der Waals surface area (Å²) in [6.45, 7) is 5.71. The van der Waals surface area contributed by atoms with Crippen molar-refractivity contribution in [3.8, 4) is 0 Å². The number of rotatable bonds is 4. The van der Waals surface area contributed by atoms with E-state index >= 15 is 0 Å². The fraction of sp³-hybridized carbons (Fsp3) is 0.700. The van der Waals surface area contributed by atoms with Crippen molar-refractivity contribution >= 4 is 15.5 Å². The smallest absolute Gasteiger partial charge is 0.197 e. The summed E-state index contributed by atoms with van der Waals surface area (Å²) >= 11 is 0. The van der Waals surface area contributed by atoms with Crippen LogP contribution >= 0.6 is 0 Å². The highest BCUT2D eigenvalue weighted by Gasteiger charge is 2.25. The molecule has 1 heterocycles. The van der Waals surface area contributed by atoms with Gasteiger partial charge in [0.05, 0.1) is 17.1 Å². The van der Waals surface area contributed by atoms with Crippen LogP contribution in [-0.4, -0.2) is 24.0 Å². The first-order chi connectivity index (χ1) is 7.31. The van der Waals surface area contributed by atoms with E-state index in [4.69, 9.17) is 5.73 Å². The summed E-state index contributed by atoms with van der Waals surface area (Å²) in [5.41, 5.74) is 6.81. The number of nitrogens with two attached hydrogens (primary N) is 1. The van der Waals surface area contributed by atoms with Crippen molar-refractivity contribution in [1.29, 1.82) is 0 Å². The van der Waals surface area contributed by atoms with Gasteiger partial charge in [-0.2, -0.15) is 5.10 Å². The van der Waals surface area contributed by atoms with Crippen molar-refractivity contribution in [1.82, 2.24) is 9.78 Å². The van der Waals surface area contributed by atoms with Crippen LogP contribution in [0.5, 0.6) is 0 Å². The molecule has 1 aromatic heterocycles. The van der Waals surface area contributed by atoms with Crippen LogP contribution in [0, 0.1) is 0 Å². The third-order valence-electron chi connectivity index (χ3n) is 2.37. The van der Waals surface area contributed by atoms with Crippen LogP contribution in [0.25, 0.3) is 0 Å². The van der Waals surface area contributed by atoms with Gasteiger partial charge in [-0.05, 0) is 12.3 Å². The number of aromatic nitrogens is 2. The number of anilines is 1. The van der Waals surface area contributed by atoms with Crippen molar-refractivity contribution < 1.29 is 8.42 Å². The minimum atomic E-state index is -3.31. The molecule has 0 radical (unpaired) electrons. The third kappa shape index (κ3) is 2.21. The summed E-state index contributed by atoms with van der Waals surface area (Å²) in [5.74, 6) is 0.227. The lowest BCUT2D eigenvalue weighted by atomic mass is 10.1. The number of hydrogen-bond donors (Lipinski definition) is 1. The second-order valence-corrected chi connectivity index (χ2v) is 6.23. The van der Waals surface area contributed by atoms with Gasteiger partial charge in [-0.15, -0.1) is 0 Å². The summed E-state index contributed by atoms with van der Waals surface area (Å²) in [4.78, 5) is 0. The topological polar surface area (TPSA) is 78.0 Å². The Morgan fingerprint density at radius 3 is 2.38 bits per heavy atom. The van der Waals surface area contributed by atoms with Gasteiger partial charge in [-0.1, -0.05) is 20.8 Å². The van der Waals surface area contributed by atoms with Gasteiger partial charge in [-0.3, -0.25) is 4.68 Å². The number of aryl methyl sites for hydroxylation is 1. The van der Waals surface area contributed by atoms with E-state index in [9.17, 15) is 8.42 Å². The molecule has 2 N–H and O–H groups in total. The predicted molar refractivity (Wildman–Crippen MR) is 64.1 cm³/mol. The molecule has 0 aliphatic rings. The maximum absolute atomic E-state index is 12.0. The molecule has 6 heteroatoms. The quantitative estimate of drug-likeness (QED) is 0.867. The fourth-order valence-corrected chi connectivity index (χ4v) is 3.32. The summed E-state index contributed by atoms with van der Waals surface area (Å²) in [6.07, 6.45) is 0.573. The number of nitrogen functional groups attached to an aromatic ring is 1. The minimum Gasteiger partial charge on any atom is -0.395 e. The summed E-state index contributed by atoms with van der Waals surface area (Å²) in [5, 5.41) is 4.32. The molecule has 0 aromatic carbocycles. The van der Waals surface area contributed by atoms with E-state index in [1.807, 2.05) is 20.8 Å². The van der Waals surface area contributed by atoms with E-state index in [1.165, 1.54) is 4.68 Å². The van der Waals surface area contributed by atoms with E-state index in [0.717, 1.165) is 0 Å². The molecule has 16 heavy (non-hydrogen) atoms. The van der Waals surface area contributed by atoms with Crippen molar-refractivity contribution in [2.45, 2.75) is 38.1 Å². The highest BCUT2D eigenvalue weighted by atomic mass is 32.2. The third-order valence-corrected chi connectivity index (χ3v) is 4.39. The molecule has 0 aliphatic carbocycles. The molecule has 0 amide bonds. The SMILES string of the molecule is CCCS(=O)(=O)c1c(N)c(C(C)C)nn1C. The Kier molecular flexibility index (Phi) is 3.62. The van der Waals surface area contributed by atoms with Crippen LogP contribution < -0.4 is 5.73 Å². The lowest BCUT2D eigenvalue weighted by Gasteiger charge is -2.04. The predicted octanol–water partition coefficient (Wildman–Crippen LogP) is 1.31. The van der Waals surface area contributed by atoms with Gasteiger partial charge in [0.15, 0.2) is 14.9 Å². The molecule has 0 fully saturated rings. The number of sulfone groups is 1. The molecule has 0 aliphatic heterocycles. The van der Waals surface area contributed by atoms with E-state index < -0.39 is 9.84 Å². The second-order valence-electron chi connectivity index (χ2n) is 4.20. The lowest BCUT2D eigenvalue weighted by Crippen LogP contribution is -2.12. The Bertz CT molecular complexity index is 474. The largest absolute Gasteiger partial charge is 0.395 e. The van der Waals surface area contributed by atoms with Gasteiger partial charge in [0.2, 0.25) is 0 Å². The Morgan fingerprint density at radius 1 is 1.44 bits per heavy atom. The zero-order chi connectivity index (χ0) is 12.5. The van der Waals surface area contributed by atoms with Crippen molar-refractivity contribution in [2.75, 3.05) is 11.5 Å². The monoisotopic (exact) mass is 245 g/mol. The summed E-state index contributed by atoms with van der Waals surface area (Å²) in [6, 6.07) is 0. The van der Waals surface area contributed by atoms with Crippen molar-refractivity contribution in [3.63, 3.8) is 0 Å². The molecule has 1 aromatic rings. The lowest BCUT2D eigenvalue weighted by molar-refractivity contribution is 0.575. The summed E-state index contributed by atoms with van der Waals surface area (Å²) < 4.78 is 25.3. The Labute approximate surface area is 96.6 Å². The van der Waals surface area contributed by atoms with Gasteiger partial charge in [0.1, 0.15) is 0 Å². The Hall–Kier alpha value is -1.04. The van der Waals surface area contributed by atoms with Crippen molar-refractivity contribution in [2.24, 2.45) is 7.05 Å². The second kappa shape index (κ2) is 4.45. The fourth-order valence-electron chi connectivity index (χ4n) is 1.71. The van der Waals surface area contributed by atoms with Crippen LogP contribution in [0.3, 0.4) is 0 Å². The number of hydrogen-bond acceptors (Lipinski definition) is 4. The zero-order valence-electron chi connectivity index (χ0n) is 10.2. The molecular formula is C10H19N3O2S. The Balaban J connectivity index is 3.36. The molecular weight excluding hydrogens is 226 g/mol. The van der Waals surface area contributed by atoms with Gasteiger partial charge < -0.3 is 5.73 Å². The molecule has 0 bridgehead atoms. The van der Waals surface area contributed by atoms with E-state index in [2.05, 4.69) is 5.10 Å². The van der Waals surface area contributed by atoms with Gasteiger partial charge in [-0.25, -0.2) is 8.42 Å². The van der Waals surface area contributed by atoms with Crippen LogP contribution in [-0.2, 0) is 16.9 Å². The average molecular weight is 245 g/mol. The maximum atomic E-state index is 12.0. The van der Waals surface area contributed by atoms with E-state index in [1.54, 1.807) is 7.05 Å². The maximum Gasteiger partial charge on any atom is 0.197 e. The first-order valence-electron chi connectivity index (χ1n) is 5.36. The van der Waals surface area contributed by atoms with Crippen LogP contribution in [0.2, 0.25) is 0 Å². The first kappa shape index (κ1) is 13.0. The van der Waals surface area contributed by atoms with Crippen LogP contribution in [0.1, 0.15) is 38.8 Å². The molecule has 0 saturated heterocycles. The normalized spacial score (nSPS) is 12.3. The Morgan fingerprint density at radius 2 is 2.00 bits per heavy atom. The standard InChI is InChI=1S/C10H19N3O2S/c1-5-6-16(14,15)10-8(11)9(7(2)3)12-13(10)4/h7H,5-6,11H2,1-4H3. The molecule has 92 valence electrons. The van der Waals surface area contributed by atoms with Gasteiger partial charge >= 0.3 is 0 Å². The number of nitrogens with zero attached hydrogens (tertiary/aromatic N) is 2. The van der Waals surface area contributed by atoms with Crippen LogP contribution in [0.15, 0.2) is 5.03 Å². The molecule has 5 nitrogen and oxygen atoms in total. The summed E-state index contributed by atoms with van der Waals surface area (Å²) in [7, 11) is -1.69. The first-order valence-corrected chi connectivity index (χ1v) is 7.01.